The van der Waals surface area contributed by atoms with E-state index >= 15 is 0 Å². The van der Waals surface area contributed by atoms with Crippen molar-refractivity contribution in [1.82, 2.24) is 10.3 Å². The Hall–Kier alpha value is -0.850. The van der Waals surface area contributed by atoms with Crippen LogP contribution in [0.2, 0.25) is 0 Å². The lowest BCUT2D eigenvalue weighted by molar-refractivity contribution is 0.617. The van der Waals surface area contributed by atoms with Crippen molar-refractivity contribution >= 4 is 11.3 Å². The monoisotopic (exact) mass is 206 g/mol. The topological polar surface area (TPSA) is 24.9 Å². The van der Waals surface area contributed by atoms with Gasteiger partial charge in [0.1, 0.15) is 5.01 Å². The van der Waals surface area contributed by atoms with Gasteiger partial charge in [-0.15, -0.1) is 17.8 Å². The molecule has 1 atom stereocenters. The minimum Gasteiger partial charge on any atom is -0.297 e. The Morgan fingerprint density at radius 2 is 2.50 bits per heavy atom. The van der Waals surface area contributed by atoms with Crippen LogP contribution in [0.15, 0.2) is 0 Å². The zero-order valence-electron chi connectivity index (χ0n) is 8.34. The SMILES string of the molecule is C#CCNC(C)c1nc2c(s1)CCC2. The number of thiazole rings is 1. The van der Waals surface area contributed by atoms with Gasteiger partial charge in [-0.3, -0.25) is 5.32 Å². The van der Waals surface area contributed by atoms with Crippen LogP contribution < -0.4 is 5.32 Å². The molecule has 0 aromatic carbocycles. The number of nitrogens with zero attached hydrogens (tertiary/aromatic N) is 1. The standard InChI is InChI=1S/C11H14N2S/c1-3-7-12-8(2)11-13-9-5-4-6-10(9)14-11/h1,8,12H,4-7H2,2H3. The first kappa shape index (κ1) is 9.70. The summed E-state index contributed by atoms with van der Waals surface area (Å²) in [5, 5.41) is 4.43. The van der Waals surface area contributed by atoms with Crippen molar-refractivity contribution < 1.29 is 0 Å². The maximum atomic E-state index is 5.20. The van der Waals surface area contributed by atoms with Gasteiger partial charge in [-0.1, -0.05) is 5.92 Å². The van der Waals surface area contributed by atoms with E-state index in [-0.39, 0.29) is 0 Å². The minimum atomic E-state index is 0.293. The second-order valence-electron chi connectivity index (χ2n) is 3.58. The molecule has 0 bridgehead atoms. The molecule has 3 heteroatoms. The van der Waals surface area contributed by atoms with E-state index in [0.29, 0.717) is 12.6 Å². The molecule has 0 aliphatic heterocycles. The van der Waals surface area contributed by atoms with Crippen LogP contribution >= 0.6 is 11.3 Å². The van der Waals surface area contributed by atoms with Crippen molar-refractivity contribution in [2.45, 2.75) is 32.2 Å². The second kappa shape index (κ2) is 4.12. The van der Waals surface area contributed by atoms with Crippen molar-refractivity contribution in [3.05, 3.63) is 15.6 Å². The summed E-state index contributed by atoms with van der Waals surface area (Å²) < 4.78 is 0. The number of terminal acetylenes is 1. The van der Waals surface area contributed by atoms with Gasteiger partial charge >= 0.3 is 0 Å². The van der Waals surface area contributed by atoms with E-state index in [1.165, 1.54) is 28.4 Å². The van der Waals surface area contributed by atoms with E-state index in [9.17, 15) is 0 Å². The largest absolute Gasteiger partial charge is 0.297 e. The Kier molecular flexibility index (Phi) is 2.85. The first-order chi connectivity index (χ1) is 6.81. The summed E-state index contributed by atoms with van der Waals surface area (Å²) in [6, 6.07) is 0.293. The van der Waals surface area contributed by atoms with Crippen molar-refractivity contribution in [2.24, 2.45) is 0 Å². The molecule has 74 valence electrons. The Balaban J connectivity index is 2.06. The molecule has 1 aromatic rings. The third-order valence-electron chi connectivity index (χ3n) is 2.49. The first-order valence-electron chi connectivity index (χ1n) is 4.96. The van der Waals surface area contributed by atoms with Gasteiger partial charge in [-0.25, -0.2) is 4.98 Å². The fraction of sp³-hybridized carbons (Fsp3) is 0.545. The molecule has 0 amide bonds. The molecule has 14 heavy (non-hydrogen) atoms. The third kappa shape index (κ3) is 1.82. The lowest BCUT2D eigenvalue weighted by Gasteiger charge is -2.07. The Labute approximate surface area is 88.8 Å². The van der Waals surface area contributed by atoms with Gasteiger partial charge in [0.25, 0.3) is 0 Å². The van der Waals surface area contributed by atoms with Crippen LogP contribution in [0.3, 0.4) is 0 Å². The van der Waals surface area contributed by atoms with Crippen molar-refractivity contribution in [3.63, 3.8) is 0 Å². The van der Waals surface area contributed by atoms with Crippen molar-refractivity contribution in [2.75, 3.05) is 6.54 Å². The average molecular weight is 206 g/mol. The fourth-order valence-electron chi connectivity index (χ4n) is 1.69. The molecule has 1 aliphatic rings. The molecular weight excluding hydrogens is 192 g/mol. The normalized spacial score (nSPS) is 16.3. The predicted molar refractivity (Wildman–Crippen MR) is 59.4 cm³/mol. The lowest BCUT2D eigenvalue weighted by atomic mass is 10.3. The Bertz CT molecular complexity index is 340. The number of aryl methyl sites for hydroxylation is 2. The van der Waals surface area contributed by atoms with Gasteiger partial charge < -0.3 is 0 Å². The zero-order valence-corrected chi connectivity index (χ0v) is 9.16. The molecule has 0 fully saturated rings. The lowest BCUT2D eigenvalue weighted by Crippen LogP contribution is -2.18. The molecule has 1 unspecified atom stereocenters. The fourth-order valence-corrected chi connectivity index (χ4v) is 2.88. The van der Waals surface area contributed by atoms with Crippen LogP contribution in [0.1, 0.15) is 35.0 Å². The molecule has 1 N–H and O–H groups in total. The highest BCUT2D eigenvalue weighted by Gasteiger charge is 2.18. The van der Waals surface area contributed by atoms with E-state index in [2.05, 4.69) is 23.1 Å². The average Bonchev–Trinajstić information content (AvgIpc) is 2.72. The zero-order chi connectivity index (χ0) is 9.97. The van der Waals surface area contributed by atoms with Crippen LogP contribution in [0, 0.1) is 12.3 Å². The van der Waals surface area contributed by atoms with Gasteiger partial charge in [0.2, 0.25) is 0 Å². The van der Waals surface area contributed by atoms with Gasteiger partial charge in [0.05, 0.1) is 18.3 Å². The molecule has 0 radical (unpaired) electrons. The third-order valence-corrected chi connectivity index (χ3v) is 3.83. The summed E-state index contributed by atoms with van der Waals surface area (Å²) >= 11 is 1.84. The minimum absolute atomic E-state index is 0.293. The van der Waals surface area contributed by atoms with Gasteiger partial charge in [-0.2, -0.15) is 0 Å². The van der Waals surface area contributed by atoms with E-state index in [1.807, 2.05) is 11.3 Å². The molecule has 2 nitrogen and oxygen atoms in total. The summed E-state index contributed by atoms with van der Waals surface area (Å²) in [5.74, 6) is 2.58. The van der Waals surface area contributed by atoms with Gasteiger partial charge in [-0.05, 0) is 26.2 Å². The molecule has 1 heterocycles. The Morgan fingerprint density at radius 3 is 3.21 bits per heavy atom. The van der Waals surface area contributed by atoms with Crippen LogP contribution in [0.25, 0.3) is 0 Å². The quantitative estimate of drug-likeness (QED) is 0.764. The molecule has 0 spiro atoms. The summed E-state index contributed by atoms with van der Waals surface area (Å²) in [6.07, 6.45) is 8.85. The second-order valence-corrected chi connectivity index (χ2v) is 4.70. The van der Waals surface area contributed by atoms with E-state index < -0.39 is 0 Å². The molecule has 1 aromatic heterocycles. The van der Waals surface area contributed by atoms with E-state index in [4.69, 9.17) is 6.42 Å². The summed E-state index contributed by atoms with van der Waals surface area (Å²) in [7, 11) is 0. The first-order valence-corrected chi connectivity index (χ1v) is 5.78. The van der Waals surface area contributed by atoms with Crippen LogP contribution in [0.4, 0.5) is 0 Å². The van der Waals surface area contributed by atoms with E-state index in [1.54, 1.807) is 0 Å². The molecule has 1 aliphatic carbocycles. The van der Waals surface area contributed by atoms with Crippen molar-refractivity contribution in [3.8, 4) is 12.3 Å². The highest BCUT2D eigenvalue weighted by Crippen LogP contribution is 2.30. The number of aromatic nitrogens is 1. The number of hydrogen-bond acceptors (Lipinski definition) is 3. The Morgan fingerprint density at radius 1 is 1.64 bits per heavy atom. The molecular formula is C11H14N2S. The molecule has 0 saturated heterocycles. The van der Waals surface area contributed by atoms with Crippen LogP contribution in [-0.2, 0) is 12.8 Å². The van der Waals surface area contributed by atoms with Crippen LogP contribution in [0.5, 0.6) is 0 Å². The van der Waals surface area contributed by atoms with Gasteiger partial charge in [0.15, 0.2) is 0 Å². The van der Waals surface area contributed by atoms with E-state index in [0.717, 1.165) is 6.42 Å². The molecule has 2 rings (SSSR count). The maximum absolute atomic E-state index is 5.20. The number of rotatable bonds is 3. The number of nitrogens with one attached hydrogen (secondary N) is 1. The summed E-state index contributed by atoms with van der Waals surface area (Å²) in [4.78, 5) is 6.11. The predicted octanol–water partition coefficient (Wildman–Crippen LogP) is 1.92. The maximum Gasteiger partial charge on any atom is 0.110 e. The summed E-state index contributed by atoms with van der Waals surface area (Å²) in [6.45, 7) is 2.73. The highest BCUT2D eigenvalue weighted by molar-refractivity contribution is 7.11. The highest BCUT2D eigenvalue weighted by atomic mass is 32.1. The van der Waals surface area contributed by atoms with Crippen molar-refractivity contribution in [1.29, 1.82) is 0 Å². The van der Waals surface area contributed by atoms with Crippen LogP contribution in [-0.4, -0.2) is 11.5 Å². The smallest absolute Gasteiger partial charge is 0.110 e. The number of fused-ring (bicyclic) bond motifs is 1. The molecule has 0 saturated carbocycles. The number of hydrogen-bond donors (Lipinski definition) is 1. The van der Waals surface area contributed by atoms with Gasteiger partial charge in [0, 0.05) is 4.88 Å². The summed E-state index contributed by atoms with van der Waals surface area (Å²) in [5.41, 5.74) is 1.32.